The van der Waals surface area contributed by atoms with Crippen molar-refractivity contribution in [2.75, 3.05) is 40.5 Å². The lowest BCUT2D eigenvalue weighted by Crippen LogP contribution is -2.52. The molecule has 1 N–H and O–H groups in total. The SMILES string of the molecule is CON(C)CC1(CO)COC1. The number of aliphatic hydroxyl groups is 1. The molecule has 0 unspecified atom stereocenters. The van der Waals surface area contributed by atoms with Crippen LogP contribution in [0, 0.1) is 5.41 Å². The van der Waals surface area contributed by atoms with E-state index in [1.54, 1.807) is 12.2 Å². The summed E-state index contributed by atoms with van der Waals surface area (Å²) in [5.74, 6) is 0. The van der Waals surface area contributed by atoms with Crippen LogP contribution in [0.5, 0.6) is 0 Å². The van der Waals surface area contributed by atoms with Crippen molar-refractivity contribution in [3.05, 3.63) is 0 Å². The molecule has 0 aromatic rings. The zero-order valence-electron chi connectivity index (χ0n) is 7.04. The molecule has 1 aliphatic rings. The first kappa shape index (κ1) is 8.93. The van der Waals surface area contributed by atoms with Crippen molar-refractivity contribution in [1.82, 2.24) is 5.06 Å². The molecule has 0 radical (unpaired) electrons. The fourth-order valence-corrected chi connectivity index (χ4v) is 1.16. The third-order valence-corrected chi connectivity index (χ3v) is 2.02. The highest BCUT2D eigenvalue weighted by Gasteiger charge is 2.39. The van der Waals surface area contributed by atoms with E-state index in [1.165, 1.54) is 0 Å². The molecule has 4 heteroatoms. The van der Waals surface area contributed by atoms with Crippen molar-refractivity contribution < 1.29 is 14.7 Å². The van der Waals surface area contributed by atoms with E-state index >= 15 is 0 Å². The number of rotatable bonds is 4. The lowest BCUT2D eigenvalue weighted by molar-refractivity contribution is -0.202. The van der Waals surface area contributed by atoms with Gasteiger partial charge in [-0.2, -0.15) is 5.06 Å². The second kappa shape index (κ2) is 3.49. The van der Waals surface area contributed by atoms with E-state index in [9.17, 15) is 0 Å². The van der Waals surface area contributed by atoms with E-state index in [4.69, 9.17) is 14.7 Å². The maximum atomic E-state index is 9.02. The first-order valence-corrected chi connectivity index (χ1v) is 3.66. The van der Waals surface area contributed by atoms with Crippen LogP contribution >= 0.6 is 0 Å². The van der Waals surface area contributed by atoms with Gasteiger partial charge in [-0.25, -0.2) is 0 Å². The maximum absolute atomic E-state index is 9.02. The normalized spacial score (nSPS) is 21.8. The van der Waals surface area contributed by atoms with E-state index in [-0.39, 0.29) is 12.0 Å². The Hall–Kier alpha value is -0.160. The number of hydrogen-bond donors (Lipinski definition) is 1. The van der Waals surface area contributed by atoms with Gasteiger partial charge in [0.05, 0.1) is 32.3 Å². The van der Waals surface area contributed by atoms with Gasteiger partial charge < -0.3 is 14.7 Å². The largest absolute Gasteiger partial charge is 0.396 e. The molecule has 0 aliphatic carbocycles. The molecule has 1 heterocycles. The van der Waals surface area contributed by atoms with Gasteiger partial charge in [0, 0.05) is 13.6 Å². The minimum Gasteiger partial charge on any atom is -0.396 e. The monoisotopic (exact) mass is 161 g/mol. The van der Waals surface area contributed by atoms with Crippen LogP contribution in [0.2, 0.25) is 0 Å². The van der Waals surface area contributed by atoms with Crippen LogP contribution in [0.4, 0.5) is 0 Å². The van der Waals surface area contributed by atoms with Gasteiger partial charge >= 0.3 is 0 Å². The third-order valence-electron chi connectivity index (χ3n) is 2.02. The molecule has 0 aromatic heterocycles. The summed E-state index contributed by atoms with van der Waals surface area (Å²) in [4.78, 5) is 4.95. The lowest BCUT2D eigenvalue weighted by atomic mass is 9.87. The molecule has 1 aliphatic heterocycles. The molecule has 4 nitrogen and oxygen atoms in total. The highest BCUT2D eigenvalue weighted by Crippen LogP contribution is 2.27. The van der Waals surface area contributed by atoms with Gasteiger partial charge in [0.2, 0.25) is 0 Å². The molecule has 66 valence electrons. The van der Waals surface area contributed by atoms with Crippen LogP contribution in [-0.2, 0) is 9.57 Å². The highest BCUT2D eigenvalue weighted by molar-refractivity contribution is 4.86. The predicted molar refractivity (Wildman–Crippen MR) is 40.0 cm³/mol. The molecule has 11 heavy (non-hydrogen) atoms. The van der Waals surface area contributed by atoms with Crippen molar-refractivity contribution in [2.45, 2.75) is 0 Å². The highest BCUT2D eigenvalue weighted by atomic mass is 16.7. The van der Waals surface area contributed by atoms with Crippen LogP contribution < -0.4 is 0 Å². The summed E-state index contributed by atoms with van der Waals surface area (Å²) >= 11 is 0. The molecule has 1 saturated heterocycles. The fourth-order valence-electron chi connectivity index (χ4n) is 1.16. The van der Waals surface area contributed by atoms with Gasteiger partial charge in [-0.05, 0) is 0 Å². The Morgan fingerprint density at radius 3 is 2.55 bits per heavy atom. The molecule has 0 saturated carbocycles. The van der Waals surface area contributed by atoms with Crippen molar-refractivity contribution >= 4 is 0 Å². The Bertz CT molecular complexity index is 119. The number of ether oxygens (including phenoxy) is 1. The molecule has 1 fully saturated rings. The Morgan fingerprint density at radius 2 is 2.27 bits per heavy atom. The van der Waals surface area contributed by atoms with Crippen LogP contribution in [-0.4, -0.2) is 50.7 Å². The quantitative estimate of drug-likeness (QED) is 0.564. The minimum absolute atomic E-state index is 0.0786. The molecular weight excluding hydrogens is 146 g/mol. The van der Waals surface area contributed by atoms with Crippen LogP contribution in [0.1, 0.15) is 0 Å². The van der Waals surface area contributed by atoms with Crippen LogP contribution in [0.25, 0.3) is 0 Å². The molecule has 1 rings (SSSR count). The molecule has 0 bridgehead atoms. The van der Waals surface area contributed by atoms with Crippen molar-refractivity contribution in [2.24, 2.45) is 5.41 Å². The van der Waals surface area contributed by atoms with E-state index in [2.05, 4.69) is 0 Å². The lowest BCUT2D eigenvalue weighted by Gasteiger charge is -2.41. The standard InChI is InChI=1S/C7H15NO3/c1-8(10-2)3-7(4-9)5-11-6-7/h9H,3-6H2,1-2H3. The second-order valence-electron chi connectivity index (χ2n) is 3.12. The average molecular weight is 161 g/mol. The zero-order chi connectivity index (χ0) is 8.32. The summed E-state index contributed by atoms with van der Waals surface area (Å²) in [6.07, 6.45) is 0. The zero-order valence-corrected chi connectivity index (χ0v) is 7.04. The Balaban J connectivity index is 2.32. The smallest absolute Gasteiger partial charge is 0.0580 e. The van der Waals surface area contributed by atoms with E-state index < -0.39 is 0 Å². The topological polar surface area (TPSA) is 41.9 Å². The first-order valence-electron chi connectivity index (χ1n) is 3.66. The van der Waals surface area contributed by atoms with Gasteiger partial charge in [0.25, 0.3) is 0 Å². The fraction of sp³-hybridized carbons (Fsp3) is 1.00. The Kier molecular flexibility index (Phi) is 2.84. The molecule has 0 aromatic carbocycles. The van der Waals surface area contributed by atoms with Crippen molar-refractivity contribution in [3.8, 4) is 0 Å². The van der Waals surface area contributed by atoms with E-state index in [0.29, 0.717) is 13.2 Å². The van der Waals surface area contributed by atoms with Gasteiger partial charge in [-0.3, -0.25) is 0 Å². The molecule has 0 amide bonds. The summed E-state index contributed by atoms with van der Waals surface area (Å²) in [7, 11) is 3.46. The van der Waals surface area contributed by atoms with Gasteiger partial charge in [-0.15, -0.1) is 0 Å². The van der Waals surface area contributed by atoms with Gasteiger partial charge in [0.15, 0.2) is 0 Å². The summed E-state index contributed by atoms with van der Waals surface area (Å²) in [5.41, 5.74) is -0.0786. The van der Waals surface area contributed by atoms with Crippen molar-refractivity contribution in [3.63, 3.8) is 0 Å². The molecule has 0 atom stereocenters. The summed E-state index contributed by atoms with van der Waals surface area (Å²) in [5, 5.41) is 10.7. The van der Waals surface area contributed by atoms with E-state index in [0.717, 1.165) is 6.54 Å². The molecule has 0 spiro atoms. The van der Waals surface area contributed by atoms with E-state index in [1.807, 2.05) is 7.05 Å². The van der Waals surface area contributed by atoms with Gasteiger partial charge in [0.1, 0.15) is 0 Å². The summed E-state index contributed by atoms with van der Waals surface area (Å²) < 4.78 is 5.03. The third kappa shape index (κ3) is 1.90. The number of hydrogen-bond acceptors (Lipinski definition) is 4. The van der Waals surface area contributed by atoms with Crippen LogP contribution in [0.3, 0.4) is 0 Å². The summed E-state index contributed by atoms with van der Waals surface area (Å²) in [6.45, 7) is 2.16. The maximum Gasteiger partial charge on any atom is 0.0580 e. The Labute approximate surface area is 66.7 Å². The summed E-state index contributed by atoms with van der Waals surface area (Å²) in [6, 6.07) is 0. The second-order valence-corrected chi connectivity index (χ2v) is 3.12. The van der Waals surface area contributed by atoms with Crippen LogP contribution in [0.15, 0.2) is 0 Å². The van der Waals surface area contributed by atoms with Crippen molar-refractivity contribution in [1.29, 1.82) is 0 Å². The molecular formula is C7H15NO3. The average Bonchev–Trinajstić information content (AvgIpc) is 1.96. The minimum atomic E-state index is -0.0786. The first-order chi connectivity index (χ1) is 5.22. The van der Waals surface area contributed by atoms with Gasteiger partial charge in [-0.1, -0.05) is 0 Å². The number of hydroxylamine groups is 2. The number of nitrogens with zero attached hydrogens (tertiary/aromatic N) is 1. The Morgan fingerprint density at radius 1 is 1.64 bits per heavy atom. The number of aliphatic hydroxyl groups excluding tert-OH is 1. The predicted octanol–water partition coefficient (Wildman–Crippen LogP) is -0.512.